The lowest BCUT2D eigenvalue weighted by atomic mass is 10.4. The Kier molecular flexibility index (Phi) is 1.13. The number of nitrogens with zero attached hydrogens (tertiary/aromatic N) is 1. The molecule has 0 aliphatic heterocycles. The summed E-state index contributed by atoms with van der Waals surface area (Å²) in [4.78, 5) is 3.90. The molecule has 0 amide bonds. The Bertz CT molecular complexity index is 86.2. The summed E-state index contributed by atoms with van der Waals surface area (Å²) in [5, 5.41) is 0. The highest BCUT2D eigenvalue weighted by atomic mass is 14.7. The van der Waals surface area contributed by atoms with Gasteiger partial charge >= 0.3 is 0 Å². The second-order valence-electron chi connectivity index (χ2n) is 2.06. The molecular formula is C6H10N. The third-order valence-corrected chi connectivity index (χ3v) is 1.34. The smallest absolute Gasteiger partial charge is 0.0273 e. The minimum absolute atomic E-state index is 0.741. The number of hydrogen-bond donors (Lipinski definition) is 0. The van der Waals surface area contributed by atoms with Crippen LogP contribution in [0.5, 0.6) is 0 Å². The Hall–Kier alpha value is -0.330. The van der Waals surface area contributed by atoms with E-state index in [-0.39, 0.29) is 0 Å². The summed E-state index contributed by atoms with van der Waals surface area (Å²) in [6.45, 7) is 2.17. The van der Waals surface area contributed by atoms with E-state index < -0.39 is 0 Å². The minimum atomic E-state index is 0.741. The molecule has 0 saturated heterocycles. The molecule has 1 atom stereocenters. The van der Waals surface area contributed by atoms with E-state index in [1.54, 1.807) is 5.92 Å². The second-order valence-corrected chi connectivity index (χ2v) is 2.06. The number of aliphatic imine (C=N–C) groups is 1. The van der Waals surface area contributed by atoms with Crippen molar-refractivity contribution >= 4 is 6.21 Å². The summed E-state index contributed by atoms with van der Waals surface area (Å²) < 4.78 is 0. The van der Waals surface area contributed by atoms with E-state index in [1.165, 1.54) is 6.42 Å². The zero-order valence-corrected chi connectivity index (χ0v) is 4.81. The summed E-state index contributed by atoms with van der Waals surface area (Å²) >= 11 is 0. The quantitative estimate of drug-likeness (QED) is 0.436. The lowest BCUT2D eigenvalue weighted by molar-refractivity contribution is 1.21. The molecule has 1 aliphatic rings. The van der Waals surface area contributed by atoms with Crippen LogP contribution < -0.4 is 0 Å². The van der Waals surface area contributed by atoms with E-state index in [4.69, 9.17) is 0 Å². The van der Waals surface area contributed by atoms with Crippen molar-refractivity contribution < 1.29 is 0 Å². The van der Waals surface area contributed by atoms with Crippen molar-refractivity contribution in [2.45, 2.75) is 13.3 Å². The Balaban J connectivity index is 2.21. The predicted octanol–water partition coefficient (Wildman–Crippen LogP) is 1.30. The van der Waals surface area contributed by atoms with Crippen molar-refractivity contribution in [2.75, 3.05) is 7.05 Å². The fraction of sp³-hybridized carbons (Fsp3) is 0.667. The van der Waals surface area contributed by atoms with Crippen molar-refractivity contribution in [3.05, 3.63) is 5.92 Å². The van der Waals surface area contributed by atoms with Gasteiger partial charge in [0.1, 0.15) is 0 Å². The van der Waals surface area contributed by atoms with Crippen LogP contribution in [0.4, 0.5) is 0 Å². The maximum absolute atomic E-state index is 3.90. The lowest BCUT2D eigenvalue weighted by Crippen LogP contribution is -1.75. The van der Waals surface area contributed by atoms with Gasteiger partial charge in [-0.2, -0.15) is 0 Å². The van der Waals surface area contributed by atoms with Crippen LogP contribution in [-0.4, -0.2) is 13.3 Å². The molecule has 1 rings (SSSR count). The van der Waals surface area contributed by atoms with Gasteiger partial charge in [-0.1, -0.05) is 6.92 Å². The van der Waals surface area contributed by atoms with Gasteiger partial charge in [-0.15, -0.1) is 0 Å². The van der Waals surface area contributed by atoms with E-state index >= 15 is 0 Å². The zero-order valence-electron chi connectivity index (χ0n) is 4.81. The molecule has 7 heavy (non-hydrogen) atoms. The SMILES string of the molecule is CN=CC1C[C]1C. The molecule has 1 aliphatic carbocycles. The molecule has 1 radical (unpaired) electrons. The van der Waals surface area contributed by atoms with Crippen molar-refractivity contribution in [2.24, 2.45) is 10.9 Å². The average molecular weight is 96.2 g/mol. The molecule has 0 aromatic heterocycles. The topological polar surface area (TPSA) is 12.4 Å². The van der Waals surface area contributed by atoms with Gasteiger partial charge in [-0.05, 0) is 12.3 Å². The maximum Gasteiger partial charge on any atom is 0.0273 e. The summed E-state index contributed by atoms with van der Waals surface area (Å²) in [6, 6.07) is 0. The molecule has 1 heteroatoms. The Morgan fingerprint density at radius 2 is 2.43 bits per heavy atom. The fourth-order valence-corrected chi connectivity index (χ4v) is 0.648. The first-order valence-electron chi connectivity index (χ1n) is 2.59. The van der Waals surface area contributed by atoms with Crippen LogP contribution in [0.1, 0.15) is 13.3 Å². The van der Waals surface area contributed by atoms with Gasteiger partial charge in [0.05, 0.1) is 0 Å². The highest BCUT2D eigenvalue weighted by Gasteiger charge is 2.30. The molecule has 39 valence electrons. The largest absolute Gasteiger partial charge is 0.301 e. The van der Waals surface area contributed by atoms with Crippen LogP contribution in [0.3, 0.4) is 0 Å². The van der Waals surface area contributed by atoms with Gasteiger partial charge in [0.2, 0.25) is 0 Å². The molecule has 0 N–H and O–H groups in total. The molecular weight excluding hydrogens is 86.1 g/mol. The van der Waals surface area contributed by atoms with Crippen molar-refractivity contribution in [1.82, 2.24) is 0 Å². The Labute approximate surface area is 44.5 Å². The molecule has 1 saturated carbocycles. The van der Waals surface area contributed by atoms with Gasteiger partial charge in [-0.25, -0.2) is 0 Å². The predicted molar refractivity (Wildman–Crippen MR) is 31.4 cm³/mol. The molecule has 0 aromatic rings. The third-order valence-electron chi connectivity index (χ3n) is 1.34. The highest BCUT2D eigenvalue weighted by molar-refractivity contribution is 5.68. The average Bonchev–Trinajstić information content (AvgIpc) is 2.22. The number of hydrogen-bond acceptors (Lipinski definition) is 1. The molecule has 0 aromatic carbocycles. The van der Waals surface area contributed by atoms with E-state index in [2.05, 4.69) is 11.9 Å². The van der Waals surface area contributed by atoms with Crippen molar-refractivity contribution in [1.29, 1.82) is 0 Å². The van der Waals surface area contributed by atoms with Gasteiger partial charge < -0.3 is 4.99 Å². The fourth-order valence-electron chi connectivity index (χ4n) is 0.648. The number of rotatable bonds is 1. The van der Waals surface area contributed by atoms with Crippen molar-refractivity contribution in [3.63, 3.8) is 0 Å². The summed E-state index contributed by atoms with van der Waals surface area (Å²) in [5.41, 5.74) is 0. The monoisotopic (exact) mass is 96.1 g/mol. The van der Waals surface area contributed by atoms with E-state index in [1.807, 2.05) is 13.3 Å². The van der Waals surface area contributed by atoms with Crippen LogP contribution in [0.15, 0.2) is 4.99 Å². The standard InChI is InChI=1S/C6H10N/c1-5-3-6(5)4-7-2/h4,6H,3H2,1-2H3. The highest BCUT2D eigenvalue weighted by Crippen LogP contribution is 2.38. The Morgan fingerprint density at radius 3 is 2.57 bits per heavy atom. The first-order valence-corrected chi connectivity index (χ1v) is 2.59. The van der Waals surface area contributed by atoms with Crippen LogP contribution in [0, 0.1) is 11.8 Å². The van der Waals surface area contributed by atoms with Crippen LogP contribution in [0.25, 0.3) is 0 Å². The van der Waals surface area contributed by atoms with Crippen molar-refractivity contribution in [3.8, 4) is 0 Å². The molecule has 1 nitrogen and oxygen atoms in total. The Morgan fingerprint density at radius 1 is 1.86 bits per heavy atom. The summed E-state index contributed by atoms with van der Waals surface area (Å²) in [7, 11) is 1.82. The van der Waals surface area contributed by atoms with Gasteiger partial charge in [-0.3, -0.25) is 0 Å². The molecule has 0 spiro atoms. The van der Waals surface area contributed by atoms with Gasteiger partial charge in [0.15, 0.2) is 0 Å². The van der Waals surface area contributed by atoms with Crippen LogP contribution in [0.2, 0.25) is 0 Å². The second kappa shape index (κ2) is 1.65. The normalized spacial score (nSPS) is 32.0. The zero-order chi connectivity index (χ0) is 5.28. The van der Waals surface area contributed by atoms with E-state index in [0.29, 0.717) is 0 Å². The van der Waals surface area contributed by atoms with Crippen LogP contribution >= 0.6 is 0 Å². The third kappa shape index (κ3) is 1.02. The first kappa shape index (κ1) is 4.82. The summed E-state index contributed by atoms with van der Waals surface area (Å²) in [6.07, 6.45) is 3.28. The van der Waals surface area contributed by atoms with E-state index in [9.17, 15) is 0 Å². The first-order chi connectivity index (χ1) is 3.34. The van der Waals surface area contributed by atoms with E-state index in [0.717, 1.165) is 5.92 Å². The molecule has 1 fully saturated rings. The lowest BCUT2D eigenvalue weighted by Gasteiger charge is -1.74. The molecule has 0 heterocycles. The molecule has 0 bridgehead atoms. The van der Waals surface area contributed by atoms with Crippen LogP contribution in [-0.2, 0) is 0 Å². The summed E-state index contributed by atoms with van der Waals surface area (Å²) in [5.74, 6) is 2.32. The van der Waals surface area contributed by atoms with Gasteiger partial charge in [0, 0.05) is 19.2 Å². The van der Waals surface area contributed by atoms with Gasteiger partial charge in [0.25, 0.3) is 0 Å². The maximum atomic E-state index is 3.90. The molecule has 1 unspecified atom stereocenters. The minimum Gasteiger partial charge on any atom is -0.301 e.